The van der Waals surface area contributed by atoms with Gasteiger partial charge >= 0.3 is 12.0 Å². The minimum absolute atomic E-state index is 0.0880. The van der Waals surface area contributed by atoms with E-state index in [0.717, 1.165) is 22.7 Å². The molecule has 0 radical (unpaired) electrons. The van der Waals surface area contributed by atoms with E-state index in [1.807, 2.05) is 25.1 Å². The van der Waals surface area contributed by atoms with Crippen molar-refractivity contribution in [1.29, 1.82) is 0 Å². The number of aryl methyl sites for hydroxylation is 1. The molecule has 1 amide bonds. The topological polar surface area (TPSA) is 109 Å². The summed E-state index contributed by atoms with van der Waals surface area (Å²) in [7, 11) is -1.24. The molecule has 0 unspecified atom stereocenters. The predicted molar refractivity (Wildman–Crippen MR) is 126 cm³/mol. The number of aromatic nitrogens is 2. The number of carbonyl (C=O) groups is 1. The molecule has 0 atom stereocenters. The van der Waals surface area contributed by atoms with Crippen molar-refractivity contribution in [2.24, 2.45) is 0 Å². The van der Waals surface area contributed by atoms with Crippen LogP contribution in [0.15, 0.2) is 24.4 Å². The molecule has 0 saturated carbocycles. The number of carbonyl (C=O) groups excluding carboxylic acids is 1. The molecule has 0 aliphatic heterocycles. The van der Waals surface area contributed by atoms with Gasteiger partial charge in [0.1, 0.15) is 11.8 Å². The number of nitrogens with one attached hydrogen (secondary N) is 1. The summed E-state index contributed by atoms with van der Waals surface area (Å²) in [4.78, 5) is 27.0. The Labute approximate surface area is 190 Å². The molecule has 9 nitrogen and oxygen atoms in total. The van der Waals surface area contributed by atoms with Crippen molar-refractivity contribution >= 4 is 20.1 Å². The Morgan fingerprint density at radius 3 is 2.53 bits per heavy atom. The van der Waals surface area contributed by atoms with Gasteiger partial charge in [0.05, 0.1) is 0 Å². The van der Waals surface area contributed by atoms with Gasteiger partial charge < -0.3 is 24.9 Å². The summed E-state index contributed by atoms with van der Waals surface area (Å²) in [6.07, 6.45) is 1.16. The van der Waals surface area contributed by atoms with E-state index >= 15 is 0 Å². The highest BCUT2D eigenvalue weighted by atomic mass is 28.3. The third kappa shape index (κ3) is 8.08. The van der Waals surface area contributed by atoms with Gasteiger partial charge in [-0.1, -0.05) is 42.8 Å². The summed E-state index contributed by atoms with van der Waals surface area (Å²) in [5.74, 6) is -0.247. The number of alkyl carbamates (subject to hydrolysis) is 1. The molecular weight excluding hydrogens is 428 g/mol. The maximum Gasteiger partial charge on any atom is 0.437 e. The molecule has 0 bridgehead atoms. The number of amides is 1. The van der Waals surface area contributed by atoms with Gasteiger partial charge in [-0.2, -0.15) is 0 Å². The molecule has 176 valence electrons. The van der Waals surface area contributed by atoms with Crippen LogP contribution < -0.4 is 5.32 Å². The molecule has 32 heavy (non-hydrogen) atoms. The van der Waals surface area contributed by atoms with Gasteiger partial charge in [0, 0.05) is 26.8 Å². The van der Waals surface area contributed by atoms with Crippen molar-refractivity contribution in [3.05, 3.63) is 45.6 Å². The van der Waals surface area contributed by atoms with Crippen molar-refractivity contribution < 1.29 is 19.2 Å². The second-order valence-electron chi connectivity index (χ2n) is 10.0. The zero-order valence-corrected chi connectivity index (χ0v) is 21.0. The number of ether oxygens (including phenoxy) is 2. The zero-order valence-electron chi connectivity index (χ0n) is 20.0. The summed E-state index contributed by atoms with van der Waals surface area (Å²) < 4.78 is 12.3. The van der Waals surface area contributed by atoms with Gasteiger partial charge in [-0.15, -0.1) is 0 Å². The molecule has 0 fully saturated rings. The second kappa shape index (κ2) is 10.3. The molecule has 0 aliphatic carbocycles. The largest absolute Gasteiger partial charge is 0.444 e. The van der Waals surface area contributed by atoms with Gasteiger partial charge in [-0.05, 0) is 49.8 Å². The standard InChI is InChI=1S/C22H34N4O5Si/c1-16-12-17(13-23-21(27)31-22(2,3)4)8-9-18(16)19-14-25(20(24-19)26(28)29)15-30-10-11-32(5,6)7/h8-9,12,14H,10-11,13,15H2,1-7H3,(H,23,27). The second-order valence-corrected chi connectivity index (χ2v) is 15.6. The Morgan fingerprint density at radius 1 is 1.28 bits per heavy atom. The van der Waals surface area contributed by atoms with E-state index in [4.69, 9.17) is 9.47 Å². The first kappa shape index (κ1) is 25.5. The normalized spacial score (nSPS) is 12.0. The maximum atomic E-state index is 11.9. The minimum Gasteiger partial charge on any atom is -0.444 e. The van der Waals surface area contributed by atoms with Crippen LogP contribution in [-0.4, -0.2) is 40.8 Å². The number of nitrogens with zero attached hydrogens (tertiary/aromatic N) is 3. The zero-order chi connectivity index (χ0) is 24.1. The number of nitro groups is 1. The number of hydrogen-bond acceptors (Lipinski definition) is 6. The summed E-state index contributed by atoms with van der Waals surface area (Å²) in [5, 5.41) is 14.2. The Hall–Kier alpha value is -2.72. The minimum atomic E-state index is -1.24. The average Bonchev–Trinajstić information content (AvgIpc) is 3.05. The molecule has 2 rings (SSSR count). The fourth-order valence-electron chi connectivity index (χ4n) is 2.93. The third-order valence-corrected chi connectivity index (χ3v) is 6.25. The van der Waals surface area contributed by atoms with Crippen molar-refractivity contribution in [2.75, 3.05) is 6.61 Å². The fourth-order valence-corrected chi connectivity index (χ4v) is 3.69. The number of rotatable bonds is 9. The lowest BCUT2D eigenvalue weighted by Crippen LogP contribution is -2.32. The molecule has 2 aromatic rings. The van der Waals surface area contributed by atoms with Crippen LogP contribution in [0.2, 0.25) is 25.7 Å². The first-order valence-electron chi connectivity index (χ1n) is 10.6. The van der Waals surface area contributed by atoms with Crippen molar-refractivity contribution in [3.63, 3.8) is 0 Å². The van der Waals surface area contributed by atoms with E-state index in [9.17, 15) is 14.9 Å². The van der Waals surface area contributed by atoms with Crippen LogP contribution in [0.3, 0.4) is 0 Å². The van der Waals surface area contributed by atoms with Crippen molar-refractivity contribution in [3.8, 4) is 11.3 Å². The van der Waals surface area contributed by atoms with Gasteiger partial charge in [0.25, 0.3) is 0 Å². The highest BCUT2D eigenvalue weighted by Gasteiger charge is 2.22. The number of benzene rings is 1. The maximum absolute atomic E-state index is 11.9. The third-order valence-electron chi connectivity index (χ3n) is 4.55. The Balaban J connectivity index is 2.10. The van der Waals surface area contributed by atoms with Gasteiger partial charge in [0.2, 0.25) is 0 Å². The van der Waals surface area contributed by atoms with Crippen LogP contribution >= 0.6 is 0 Å². The summed E-state index contributed by atoms with van der Waals surface area (Å²) >= 11 is 0. The Bertz CT molecular complexity index is 960. The average molecular weight is 463 g/mol. The summed E-state index contributed by atoms with van der Waals surface area (Å²) in [5.41, 5.74) is 2.52. The molecule has 0 saturated heterocycles. The van der Waals surface area contributed by atoms with Crippen molar-refractivity contribution in [1.82, 2.24) is 14.9 Å². The van der Waals surface area contributed by atoms with E-state index in [1.165, 1.54) is 4.57 Å². The van der Waals surface area contributed by atoms with Gasteiger partial charge in [-0.3, -0.25) is 0 Å². The smallest absolute Gasteiger partial charge is 0.437 e. The molecule has 0 aliphatic rings. The van der Waals surface area contributed by atoms with Crippen LogP contribution in [0.1, 0.15) is 31.9 Å². The van der Waals surface area contributed by atoms with E-state index in [0.29, 0.717) is 18.8 Å². The first-order chi connectivity index (χ1) is 14.7. The number of imidazole rings is 1. The van der Waals surface area contributed by atoms with E-state index < -0.39 is 24.7 Å². The Morgan fingerprint density at radius 2 is 1.97 bits per heavy atom. The summed E-state index contributed by atoms with van der Waals surface area (Å²) in [6.45, 7) is 15.1. The molecule has 1 heterocycles. The van der Waals surface area contributed by atoms with Gasteiger partial charge in [-0.25, -0.2) is 9.36 Å². The molecule has 10 heteroatoms. The Kier molecular flexibility index (Phi) is 8.19. The molecule has 1 N–H and O–H groups in total. The van der Waals surface area contributed by atoms with Gasteiger partial charge in [0.15, 0.2) is 12.4 Å². The lowest BCUT2D eigenvalue weighted by Gasteiger charge is -2.19. The van der Waals surface area contributed by atoms with Crippen LogP contribution in [0.25, 0.3) is 11.3 Å². The van der Waals surface area contributed by atoms with Crippen LogP contribution in [0.5, 0.6) is 0 Å². The first-order valence-corrected chi connectivity index (χ1v) is 14.3. The highest BCUT2D eigenvalue weighted by molar-refractivity contribution is 6.76. The SMILES string of the molecule is Cc1cc(CNC(=O)OC(C)(C)C)ccc1-c1cn(COCC[Si](C)(C)C)c([N+](=O)[O-])n1. The summed E-state index contributed by atoms with van der Waals surface area (Å²) in [6, 6.07) is 6.61. The quantitative estimate of drug-likeness (QED) is 0.240. The van der Waals surface area contributed by atoms with Crippen LogP contribution in [0, 0.1) is 17.0 Å². The van der Waals surface area contributed by atoms with Crippen LogP contribution in [-0.2, 0) is 22.7 Å². The number of hydrogen-bond donors (Lipinski definition) is 1. The lowest BCUT2D eigenvalue weighted by molar-refractivity contribution is -0.397. The molecule has 0 spiro atoms. The highest BCUT2D eigenvalue weighted by Crippen LogP contribution is 2.26. The van der Waals surface area contributed by atoms with Crippen LogP contribution in [0.4, 0.5) is 10.7 Å². The molecule has 1 aromatic carbocycles. The van der Waals surface area contributed by atoms with E-state index in [-0.39, 0.29) is 12.7 Å². The lowest BCUT2D eigenvalue weighted by atomic mass is 10.0. The van der Waals surface area contributed by atoms with Crippen molar-refractivity contribution in [2.45, 2.75) is 72.3 Å². The van der Waals surface area contributed by atoms with E-state index in [2.05, 4.69) is 29.9 Å². The fraction of sp³-hybridized carbons (Fsp3) is 0.545. The molecule has 1 aromatic heterocycles. The van der Waals surface area contributed by atoms with E-state index in [1.54, 1.807) is 27.0 Å². The monoisotopic (exact) mass is 462 g/mol. The predicted octanol–water partition coefficient (Wildman–Crippen LogP) is 5.10. The molecular formula is C22H34N4O5Si.